The number of aliphatic hydroxyl groups is 1. The molecular formula is C17H25NO3. The van der Waals surface area contributed by atoms with Crippen molar-refractivity contribution in [2.75, 3.05) is 6.61 Å². The summed E-state index contributed by atoms with van der Waals surface area (Å²) in [6.07, 6.45) is 3.28. The van der Waals surface area contributed by atoms with Gasteiger partial charge in [-0.25, -0.2) is 0 Å². The molecule has 116 valence electrons. The SMILES string of the molecule is CC(C)c1ccc(OCC(=O)N[C@H]2CCCC[C@@H]2O)cc1. The molecule has 1 aliphatic carbocycles. The van der Waals surface area contributed by atoms with Gasteiger partial charge in [0.25, 0.3) is 5.91 Å². The van der Waals surface area contributed by atoms with Gasteiger partial charge in [-0.1, -0.05) is 38.8 Å². The van der Waals surface area contributed by atoms with Crippen molar-refractivity contribution < 1.29 is 14.6 Å². The Hall–Kier alpha value is -1.55. The Kier molecular flexibility index (Phi) is 5.62. The molecule has 2 rings (SSSR count). The third kappa shape index (κ3) is 4.74. The standard InChI is InChI=1S/C17H25NO3/c1-12(2)13-7-9-14(10-8-13)21-11-17(20)18-15-5-3-4-6-16(15)19/h7-10,12,15-16,19H,3-6,11H2,1-2H3,(H,18,20)/t15-,16-/m0/s1. The summed E-state index contributed by atoms with van der Waals surface area (Å²) >= 11 is 0. The van der Waals surface area contributed by atoms with Crippen molar-refractivity contribution in [2.24, 2.45) is 0 Å². The minimum Gasteiger partial charge on any atom is -0.484 e. The molecule has 0 bridgehead atoms. The van der Waals surface area contributed by atoms with E-state index in [-0.39, 0.29) is 18.6 Å². The predicted octanol–water partition coefficient (Wildman–Crippen LogP) is 2.61. The summed E-state index contributed by atoms with van der Waals surface area (Å²) < 4.78 is 5.49. The summed E-state index contributed by atoms with van der Waals surface area (Å²) in [6.45, 7) is 4.27. The molecule has 2 N–H and O–H groups in total. The molecule has 4 nitrogen and oxygen atoms in total. The first-order chi connectivity index (χ1) is 10.1. The lowest BCUT2D eigenvalue weighted by molar-refractivity contribution is -0.125. The van der Waals surface area contributed by atoms with Crippen LogP contribution < -0.4 is 10.1 Å². The lowest BCUT2D eigenvalue weighted by atomic mass is 9.92. The van der Waals surface area contributed by atoms with E-state index < -0.39 is 6.10 Å². The van der Waals surface area contributed by atoms with E-state index in [1.165, 1.54) is 5.56 Å². The quantitative estimate of drug-likeness (QED) is 0.876. The van der Waals surface area contributed by atoms with Crippen molar-refractivity contribution in [2.45, 2.75) is 57.6 Å². The molecule has 1 aromatic carbocycles. The fourth-order valence-electron chi connectivity index (χ4n) is 2.63. The van der Waals surface area contributed by atoms with Crippen LogP contribution in [0.3, 0.4) is 0 Å². The summed E-state index contributed by atoms with van der Waals surface area (Å²) in [6, 6.07) is 7.68. The first kappa shape index (κ1) is 15.8. The van der Waals surface area contributed by atoms with Gasteiger partial charge in [-0.3, -0.25) is 4.79 Å². The second kappa shape index (κ2) is 7.46. The van der Waals surface area contributed by atoms with Gasteiger partial charge in [0.2, 0.25) is 0 Å². The van der Waals surface area contributed by atoms with Gasteiger partial charge >= 0.3 is 0 Å². The number of hydrogen-bond acceptors (Lipinski definition) is 3. The van der Waals surface area contributed by atoms with Gasteiger partial charge in [0.05, 0.1) is 12.1 Å². The van der Waals surface area contributed by atoms with Gasteiger partial charge in [0.1, 0.15) is 5.75 Å². The second-order valence-corrected chi connectivity index (χ2v) is 6.04. The summed E-state index contributed by atoms with van der Waals surface area (Å²) in [5.74, 6) is 1.00. The topological polar surface area (TPSA) is 58.6 Å². The minimum absolute atomic E-state index is 0.00968. The molecule has 2 atom stereocenters. The molecule has 0 aliphatic heterocycles. The summed E-state index contributed by atoms with van der Waals surface area (Å²) in [5, 5.41) is 12.7. The van der Waals surface area contributed by atoms with Crippen LogP contribution in [0.15, 0.2) is 24.3 Å². The molecule has 21 heavy (non-hydrogen) atoms. The summed E-state index contributed by atoms with van der Waals surface area (Å²) in [4.78, 5) is 11.9. The minimum atomic E-state index is -0.423. The maximum atomic E-state index is 11.9. The average molecular weight is 291 g/mol. The molecule has 1 saturated carbocycles. The predicted molar refractivity (Wildman–Crippen MR) is 82.4 cm³/mol. The van der Waals surface area contributed by atoms with E-state index in [0.29, 0.717) is 11.7 Å². The summed E-state index contributed by atoms with van der Waals surface area (Å²) in [7, 11) is 0. The summed E-state index contributed by atoms with van der Waals surface area (Å²) in [5.41, 5.74) is 1.25. The van der Waals surface area contributed by atoms with Crippen molar-refractivity contribution >= 4 is 5.91 Å². The van der Waals surface area contributed by atoms with Crippen LogP contribution in [0.25, 0.3) is 0 Å². The monoisotopic (exact) mass is 291 g/mol. The smallest absolute Gasteiger partial charge is 0.258 e. The number of carbonyl (C=O) groups is 1. The van der Waals surface area contributed by atoms with Gasteiger partial charge in [-0.15, -0.1) is 0 Å². The highest BCUT2D eigenvalue weighted by molar-refractivity contribution is 5.77. The van der Waals surface area contributed by atoms with Crippen molar-refractivity contribution in [3.63, 3.8) is 0 Å². The molecule has 1 fully saturated rings. The Morgan fingerprint density at radius 1 is 1.29 bits per heavy atom. The molecule has 1 aliphatic rings. The van der Waals surface area contributed by atoms with Crippen molar-refractivity contribution in [1.29, 1.82) is 0 Å². The maximum absolute atomic E-state index is 11.9. The van der Waals surface area contributed by atoms with Crippen LogP contribution in [0, 0.1) is 0 Å². The first-order valence-corrected chi connectivity index (χ1v) is 7.76. The van der Waals surface area contributed by atoms with E-state index in [1.54, 1.807) is 0 Å². The molecule has 0 unspecified atom stereocenters. The number of carbonyl (C=O) groups excluding carboxylic acids is 1. The highest BCUT2D eigenvalue weighted by Crippen LogP contribution is 2.19. The largest absolute Gasteiger partial charge is 0.484 e. The molecule has 4 heteroatoms. The van der Waals surface area contributed by atoms with Crippen LogP contribution in [0.4, 0.5) is 0 Å². The van der Waals surface area contributed by atoms with Gasteiger partial charge in [-0.2, -0.15) is 0 Å². The molecule has 0 spiro atoms. The lowest BCUT2D eigenvalue weighted by Crippen LogP contribution is -2.46. The molecular weight excluding hydrogens is 266 g/mol. The second-order valence-electron chi connectivity index (χ2n) is 6.04. The van der Waals surface area contributed by atoms with Gasteiger partial charge in [0.15, 0.2) is 6.61 Å². The van der Waals surface area contributed by atoms with Crippen LogP contribution in [0.1, 0.15) is 51.0 Å². The molecule has 1 aromatic rings. The van der Waals surface area contributed by atoms with Gasteiger partial charge in [-0.05, 0) is 36.5 Å². The van der Waals surface area contributed by atoms with Crippen LogP contribution in [0.5, 0.6) is 5.75 Å². The Bertz CT molecular complexity index is 456. The number of hydrogen-bond donors (Lipinski definition) is 2. The third-order valence-electron chi connectivity index (χ3n) is 3.99. The Labute approximate surface area is 126 Å². The van der Waals surface area contributed by atoms with E-state index in [2.05, 4.69) is 19.2 Å². The molecule has 0 heterocycles. The number of ether oxygens (including phenoxy) is 1. The fourth-order valence-corrected chi connectivity index (χ4v) is 2.63. The molecule has 0 aromatic heterocycles. The van der Waals surface area contributed by atoms with Gasteiger partial charge < -0.3 is 15.2 Å². The Morgan fingerprint density at radius 3 is 2.57 bits per heavy atom. The normalized spacial score (nSPS) is 22.1. The van der Waals surface area contributed by atoms with Crippen LogP contribution in [-0.4, -0.2) is 29.8 Å². The zero-order valence-electron chi connectivity index (χ0n) is 12.8. The average Bonchev–Trinajstić information content (AvgIpc) is 2.48. The van der Waals surface area contributed by atoms with Crippen molar-refractivity contribution in [3.05, 3.63) is 29.8 Å². The van der Waals surface area contributed by atoms with E-state index >= 15 is 0 Å². The van der Waals surface area contributed by atoms with Crippen LogP contribution in [-0.2, 0) is 4.79 Å². The Balaban J connectivity index is 1.78. The van der Waals surface area contributed by atoms with E-state index in [1.807, 2.05) is 24.3 Å². The lowest BCUT2D eigenvalue weighted by Gasteiger charge is -2.28. The molecule has 0 radical (unpaired) electrons. The Morgan fingerprint density at radius 2 is 1.95 bits per heavy atom. The zero-order valence-corrected chi connectivity index (χ0v) is 12.8. The highest BCUT2D eigenvalue weighted by atomic mass is 16.5. The van der Waals surface area contributed by atoms with Crippen LogP contribution in [0.2, 0.25) is 0 Å². The molecule has 0 saturated heterocycles. The zero-order chi connectivity index (χ0) is 15.2. The van der Waals surface area contributed by atoms with E-state index in [4.69, 9.17) is 4.74 Å². The fraction of sp³-hybridized carbons (Fsp3) is 0.588. The van der Waals surface area contributed by atoms with Crippen molar-refractivity contribution in [1.82, 2.24) is 5.32 Å². The maximum Gasteiger partial charge on any atom is 0.258 e. The number of nitrogens with one attached hydrogen (secondary N) is 1. The number of amides is 1. The number of benzene rings is 1. The van der Waals surface area contributed by atoms with Gasteiger partial charge in [0, 0.05) is 0 Å². The first-order valence-electron chi connectivity index (χ1n) is 7.76. The molecule has 1 amide bonds. The van der Waals surface area contributed by atoms with E-state index in [0.717, 1.165) is 25.7 Å². The number of aliphatic hydroxyl groups excluding tert-OH is 1. The van der Waals surface area contributed by atoms with E-state index in [9.17, 15) is 9.90 Å². The van der Waals surface area contributed by atoms with Crippen molar-refractivity contribution in [3.8, 4) is 5.75 Å². The highest BCUT2D eigenvalue weighted by Gasteiger charge is 2.24. The number of rotatable bonds is 5. The third-order valence-corrected chi connectivity index (χ3v) is 3.99. The van der Waals surface area contributed by atoms with Crippen LogP contribution >= 0.6 is 0 Å².